The molecular weight excluding hydrogens is 486 g/mol. The summed E-state index contributed by atoms with van der Waals surface area (Å²) in [6.07, 6.45) is 4.55. The molecule has 38 heavy (non-hydrogen) atoms. The number of rotatable bonds is 10. The van der Waals surface area contributed by atoms with Crippen molar-refractivity contribution in [3.8, 4) is 22.6 Å². The molecule has 0 aromatic heterocycles. The molecule has 0 saturated carbocycles. The minimum absolute atomic E-state index is 0.0608. The molecule has 0 radical (unpaired) electrons. The number of aliphatic carboxylic acids is 1. The molecule has 0 fully saturated rings. The lowest BCUT2D eigenvalue weighted by molar-refractivity contribution is -0.137. The Morgan fingerprint density at radius 3 is 2.37 bits per heavy atom. The van der Waals surface area contributed by atoms with E-state index in [4.69, 9.17) is 9.47 Å². The predicted octanol–water partition coefficient (Wildman–Crippen LogP) is 8.39. The Labute approximate surface area is 222 Å². The summed E-state index contributed by atoms with van der Waals surface area (Å²) < 4.78 is 40.9. The molecule has 0 unspecified atom stereocenters. The first-order chi connectivity index (χ1) is 18.1. The van der Waals surface area contributed by atoms with Crippen LogP contribution in [0.3, 0.4) is 0 Å². The Morgan fingerprint density at radius 2 is 1.71 bits per heavy atom. The topological polar surface area (TPSA) is 55.8 Å². The smallest absolute Gasteiger partial charge is 0.303 e. The fraction of sp³-hybridized carbons (Fsp3) is 0.344. The average molecular weight is 521 g/mol. The van der Waals surface area contributed by atoms with Gasteiger partial charge in [-0.3, -0.25) is 4.79 Å². The molecule has 3 aromatic rings. The molecule has 0 aliphatic heterocycles. The van der Waals surface area contributed by atoms with Crippen LogP contribution in [0.25, 0.3) is 16.7 Å². The van der Waals surface area contributed by atoms with Crippen LogP contribution in [0.15, 0.2) is 60.7 Å². The Balaban J connectivity index is 1.67. The first-order valence-electron chi connectivity index (χ1n) is 12.9. The average Bonchev–Trinajstić information content (AvgIpc) is 3.25. The number of benzene rings is 3. The molecule has 3 aromatic carbocycles. The summed E-state index contributed by atoms with van der Waals surface area (Å²) in [6.45, 7) is 6.46. The molecule has 4 rings (SSSR count). The summed E-state index contributed by atoms with van der Waals surface area (Å²) in [5, 5.41) is 9.20. The molecular formula is C32H34F2O4. The fourth-order valence-electron chi connectivity index (χ4n) is 5.22. The number of halogens is 2. The molecule has 1 atom stereocenters. The van der Waals surface area contributed by atoms with Crippen molar-refractivity contribution in [1.82, 2.24) is 0 Å². The van der Waals surface area contributed by atoms with Gasteiger partial charge in [0.05, 0.1) is 13.5 Å². The van der Waals surface area contributed by atoms with Gasteiger partial charge in [-0.2, -0.15) is 0 Å². The van der Waals surface area contributed by atoms with Gasteiger partial charge in [0, 0.05) is 5.56 Å². The predicted molar refractivity (Wildman–Crippen MR) is 145 cm³/mol. The Bertz CT molecular complexity index is 1360. The second-order valence-corrected chi connectivity index (χ2v) is 10.4. The third-order valence-corrected chi connectivity index (χ3v) is 7.41. The normalized spacial score (nSPS) is 15.2. The zero-order valence-electron chi connectivity index (χ0n) is 22.3. The van der Waals surface area contributed by atoms with Gasteiger partial charge in [0.25, 0.3) is 0 Å². The first kappa shape index (κ1) is 27.4. The fourth-order valence-corrected chi connectivity index (χ4v) is 5.22. The lowest BCUT2D eigenvalue weighted by atomic mass is 9.79. The zero-order valence-corrected chi connectivity index (χ0v) is 22.3. The summed E-state index contributed by atoms with van der Waals surface area (Å²) in [7, 11) is 1.56. The maximum absolute atomic E-state index is 15.0. The van der Waals surface area contributed by atoms with Crippen molar-refractivity contribution in [2.24, 2.45) is 5.41 Å². The van der Waals surface area contributed by atoms with Crippen molar-refractivity contribution in [2.75, 3.05) is 7.11 Å². The minimum Gasteiger partial charge on any atom is -0.497 e. The van der Waals surface area contributed by atoms with Crippen molar-refractivity contribution in [1.29, 1.82) is 0 Å². The van der Waals surface area contributed by atoms with Gasteiger partial charge < -0.3 is 14.6 Å². The SMILES string of the molecule is CC[C@H](CC(=O)O)c1cc(OCc2ccc(-c3cc(OC)ccc3F)c(C3=CCCC3(C)C)c2)ccc1F. The summed E-state index contributed by atoms with van der Waals surface area (Å²) in [5.41, 5.74) is 4.55. The van der Waals surface area contributed by atoms with E-state index in [-0.39, 0.29) is 24.3 Å². The summed E-state index contributed by atoms with van der Waals surface area (Å²) in [5.74, 6) is -1.11. The third kappa shape index (κ3) is 5.90. The summed E-state index contributed by atoms with van der Waals surface area (Å²) in [6, 6.07) is 15.1. The number of allylic oxidation sites excluding steroid dienone is 2. The first-order valence-corrected chi connectivity index (χ1v) is 12.9. The molecule has 0 amide bonds. The van der Waals surface area contributed by atoms with Crippen LogP contribution in [-0.2, 0) is 11.4 Å². The van der Waals surface area contributed by atoms with E-state index in [1.807, 2.05) is 25.1 Å². The van der Waals surface area contributed by atoms with Crippen LogP contribution in [0, 0.1) is 17.0 Å². The highest BCUT2D eigenvalue weighted by Gasteiger charge is 2.30. The minimum atomic E-state index is -0.966. The van der Waals surface area contributed by atoms with Crippen molar-refractivity contribution in [3.63, 3.8) is 0 Å². The Morgan fingerprint density at radius 1 is 0.974 bits per heavy atom. The van der Waals surface area contributed by atoms with E-state index in [2.05, 4.69) is 19.9 Å². The molecule has 0 bridgehead atoms. The second kappa shape index (κ2) is 11.4. The molecule has 0 spiro atoms. The van der Waals surface area contributed by atoms with Gasteiger partial charge in [-0.1, -0.05) is 39.0 Å². The van der Waals surface area contributed by atoms with Gasteiger partial charge in [0.2, 0.25) is 0 Å². The van der Waals surface area contributed by atoms with Gasteiger partial charge in [0.1, 0.15) is 29.7 Å². The number of methoxy groups -OCH3 is 1. The maximum atomic E-state index is 15.0. The molecule has 200 valence electrons. The van der Waals surface area contributed by atoms with Crippen LogP contribution in [0.1, 0.15) is 69.1 Å². The highest BCUT2D eigenvalue weighted by atomic mass is 19.1. The van der Waals surface area contributed by atoms with Crippen LogP contribution in [-0.4, -0.2) is 18.2 Å². The molecule has 1 N–H and O–H groups in total. The third-order valence-electron chi connectivity index (χ3n) is 7.41. The monoisotopic (exact) mass is 520 g/mol. The van der Waals surface area contributed by atoms with Crippen LogP contribution in [0.5, 0.6) is 11.5 Å². The maximum Gasteiger partial charge on any atom is 0.303 e. The lowest BCUT2D eigenvalue weighted by Gasteiger charge is -2.25. The summed E-state index contributed by atoms with van der Waals surface area (Å²) in [4.78, 5) is 11.2. The number of hydrogen-bond acceptors (Lipinski definition) is 3. The quantitative estimate of drug-likeness (QED) is 0.292. The lowest BCUT2D eigenvalue weighted by Crippen LogP contribution is -2.10. The highest BCUT2D eigenvalue weighted by Crippen LogP contribution is 2.47. The van der Waals surface area contributed by atoms with Crippen molar-refractivity contribution in [2.45, 2.75) is 59.0 Å². The van der Waals surface area contributed by atoms with Crippen molar-refractivity contribution in [3.05, 3.63) is 89.0 Å². The van der Waals surface area contributed by atoms with Crippen molar-refractivity contribution < 1.29 is 28.2 Å². The van der Waals surface area contributed by atoms with E-state index in [9.17, 15) is 18.7 Å². The second-order valence-electron chi connectivity index (χ2n) is 10.4. The van der Waals surface area contributed by atoms with Gasteiger partial charge >= 0.3 is 5.97 Å². The molecule has 4 nitrogen and oxygen atoms in total. The standard InChI is InChI=1S/C32H34F2O4/c1-5-21(16-31(35)36)25-18-23(10-13-29(25)33)38-19-20-8-11-24(27-17-22(37-4)9-12-30(27)34)26(15-20)28-7-6-14-32(28,2)3/h7-13,15,17-18,21H,5-6,14,16,19H2,1-4H3,(H,35,36)/t21-/m1/s1. The van der Waals surface area contributed by atoms with Gasteiger partial charge in [-0.15, -0.1) is 0 Å². The number of carboxylic acid groups (broad SMARTS) is 1. The molecule has 0 heterocycles. The van der Waals surface area contributed by atoms with Crippen molar-refractivity contribution >= 4 is 11.5 Å². The van der Waals surface area contributed by atoms with E-state index in [1.165, 1.54) is 17.7 Å². The molecule has 6 heteroatoms. The van der Waals surface area contributed by atoms with E-state index in [0.29, 0.717) is 29.0 Å². The Hall–Kier alpha value is -3.67. The number of carbonyl (C=O) groups is 1. The van der Waals surface area contributed by atoms with E-state index >= 15 is 0 Å². The van der Waals surface area contributed by atoms with E-state index < -0.39 is 17.7 Å². The van der Waals surface area contributed by atoms with Crippen LogP contribution in [0.4, 0.5) is 8.78 Å². The Kier molecular flexibility index (Phi) is 8.20. The molecule has 1 aliphatic carbocycles. The zero-order chi connectivity index (χ0) is 27.4. The van der Waals surface area contributed by atoms with Crippen LogP contribution >= 0.6 is 0 Å². The van der Waals surface area contributed by atoms with Crippen LogP contribution in [0.2, 0.25) is 0 Å². The van der Waals surface area contributed by atoms with Gasteiger partial charge in [-0.25, -0.2) is 8.78 Å². The van der Waals surface area contributed by atoms with E-state index in [1.54, 1.807) is 31.4 Å². The van der Waals surface area contributed by atoms with Gasteiger partial charge in [0.15, 0.2) is 0 Å². The largest absolute Gasteiger partial charge is 0.497 e. The molecule has 1 aliphatic rings. The van der Waals surface area contributed by atoms with Crippen LogP contribution < -0.4 is 9.47 Å². The summed E-state index contributed by atoms with van der Waals surface area (Å²) >= 11 is 0. The van der Waals surface area contributed by atoms with Gasteiger partial charge in [-0.05, 0) is 101 Å². The number of ether oxygens (including phenoxy) is 2. The number of hydrogen-bond donors (Lipinski definition) is 1. The van der Waals surface area contributed by atoms with E-state index in [0.717, 1.165) is 29.5 Å². The highest BCUT2D eigenvalue weighted by molar-refractivity contribution is 5.85. The molecule has 0 saturated heterocycles. The number of carboxylic acids is 1.